The van der Waals surface area contributed by atoms with Gasteiger partial charge in [0.1, 0.15) is 0 Å². The standard InChI is InChI=1S/C3H6O2.C3H4O2.C2H4O2/c2*1-2-3(4)5;1-2(3)4/h2H2,1H3,(H,4,5);2H,1H2,(H,4,5);1H3,(H,3,4). The molecule has 0 aromatic heterocycles. The van der Waals surface area contributed by atoms with Crippen molar-refractivity contribution in [1.29, 1.82) is 0 Å². The van der Waals surface area contributed by atoms with E-state index in [1.54, 1.807) is 6.92 Å². The summed E-state index contributed by atoms with van der Waals surface area (Å²) in [6, 6.07) is 0. The number of hydrogen-bond acceptors (Lipinski definition) is 3. The fourth-order valence-corrected chi connectivity index (χ4v) is 0. The van der Waals surface area contributed by atoms with Gasteiger partial charge < -0.3 is 15.3 Å². The molecular formula is C8H14O6. The van der Waals surface area contributed by atoms with Gasteiger partial charge >= 0.3 is 11.9 Å². The van der Waals surface area contributed by atoms with Crippen LogP contribution in [0.5, 0.6) is 0 Å². The van der Waals surface area contributed by atoms with Crippen molar-refractivity contribution in [3.63, 3.8) is 0 Å². The molecule has 0 aromatic rings. The third kappa shape index (κ3) is 184. The van der Waals surface area contributed by atoms with Crippen molar-refractivity contribution in [1.82, 2.24) is 0 Å². The quantitative estimate of drug-likeness (QED) is 0.577. The highest BCUT2D eigenvalue weighted by Crippen LogP contribution is 1.67. The summed E-state index contributed by atoms with van der Waals surface area (Å²) < 4.78 is 0. The van der Waals surface area contributed by atoms with E-state index in [9.17, 15) is 9.59 Å². The second-order valence-electron chi connectivity index (χ2n) is 1.81. The number of carbonyl (C=O) groups is 3. The maximum absolute atomic E-state index is 9.37. The molecule has 0 saturated carbocycles. The van der Waals surface area contributed by atoms with Crippen LogP contribution in [0.1, 0.15) is 20.3 Å². The van der Waals surface area contributed by atoms with Crippen LogP contribution in [0.2, 0.25) is 0 Å². The minimum Gasteiger partial charge on any atom is -0.481 e. The van der Waals surface area contributed by atoms with Crippen LogP contribution in [-0.4, -0.2) is 33.2 Å². The Morgan fingerprint density at radius 3 is 1.36 bits per heavy atom. The van der Waals surface area contributed by atoms with E-state index in [4.69, 9.17) is 20.1 Å². The van der Waals surface area contributed by atoms with Gasteiger partial charge in [-0.15, -0.1) is 0 Å². The number of carboxylic acids is 3. The summed E-state index contributed by atoms with van der Waals surface area (Å²) in [5.41, 5.74) is 0. The zero-order chi connectivity index (χ0) is 12.1. The average Bonchev–Trinajstić information content (AvgIpc) is 2.04. The largest absolute Gasteiger partial charge is 0.481 e. The van der Waals surface area contributed by atoms with E-state index in [-0.39, 0.29) is 6.42 Å². The van der Waals surface area contributed by atoms with Gasteiger partial charge in [-0.2, -0.15) is 0 Å². The molecule has 82 valence electrons. The fraction of sp³-hybridized carbons (Fsp3) is 0.375. The van der Waals surface area contributed by atoms with Crippen molar-refractivity contribution >= 4 is 17.9 Å². The third-order valence-electron chi connectivity index (χ3n) is 0.477. The Hall–Kier alpha value is -1.85. The van der Waals surface area contributed by atoms with Crippen molar-refractivity contribution in [2.24, 2.45) is 0 Å². The first-order valence-corrected chi connectivity index (χ1v) is 3.54. The van der Waals surface area contributed by atoms with Gasteiger partial charge in [0.25, 0.3) is 5.97 Å². The molecule has 14 heavy (non-hydrogen) atoms. The van der Waals surface area contributed by atoms with Gasteiger partial charge in [0, 0.05) is 19.4 Å². The number of rotatable bonds is 2. The summed E-state index contributed by atoms with van der Waals surface area (Å²) in [7, 11) is 0. The monoisotopic (exact) mass is 206 g/mol. The molecule has 0 saturated heterocycles. The Morgan fingerprint density at radius 1 is 1.21 bits per heavy atom. The lowest BCUT2D eigenvalue weighted by Crippen LogP contribution is -1.86. The SMILES string of the molecule is C=CC(=O)O.CC(=O)O.CCC(=O)O. The fourth-order valence-electron chi connectivity index (χ4n) is 0. The van der Waals surface area contributed by atoms with Crippen LogP contribution < -0.4 is 0 Å². The predicted molar refractivity (Wildman–Crippen MR) is 49.1 cm³/mol. The predicted octanol–water partition coefficient (Wildman–Crippen LogP) is 0.829. The van der Waals surface area contributed by atoms with Gasteiger partial charge in [-0.05, 0) is 0 Å². The zero-order valence-electron chi connectivity index (χ0n) is 8.06. The minimum absolute atomic E-state index is 0.222. The van der Waals surface area contributed by atoms with E-state index in [1.165, 1.54) is 0 Å². The highest BCUT2D eigenvalue weighted by atomic mass is 16.4. The lowest BCUT2D eigenvalue weighted by Gasteiger charge is -1.71. The molecule has 0 spiro atoms. The molecule has 0 radical (unpaired) electrons. The van der Waals surface area contributed by atoms with E-state index in [1.807, 2.05) is 0 Å². The molecule has 0 heterocycles. The molecule has 6 heteroatoms. The molecular weight excluding hydrogens is 192 g/mol. The van der Waals surface area contributed by atoms with Crippen molar-refractivity contribution in [2.45, 2.75) is 20.3 Å². The van der Waals surface area contributed by atoms with E-state index in [0.29, 0.717) is 0 Å². The highest BCUT2D eigenvalue weighted by Gasteiger charge is 1.80. The van der Waals surface area contributed by atoms with E-state index in [2.05, 4.69) is 6.58 Å². The van der Waals surface area contributed by atoms with Gasteiger partial charge in [-0.1, -0.05) is 13.5 Å². The Labute approximate surface area is 81.5 Å². The lowest BCUT2D eigenvalue weighted by atomic mass is 10.5. The van der Waals surface area contributed by atoms with Crippen LogP contribution in [0, 0.1) is 0 Å². The molecule has 0 aliphatic rings. The van der Waals surface area contributed by atoms with Gasteiger partial charge in [0.2, 0.25) is 0 Å². The Kier molecular flexibility index (Phi) is 17.7. The summed E-state index contributed by atoms with van der Waals surface area (Å²) in [5.74, 6) is -2.56. The molecule has 6 nitrogen and oxygen atoms in total. The van der Waals surface area contributed by atoms with Crippen LogP contribution >= 0.6 is 0 Å². The molecule has 0 fully saturated rings. The molecule has 3 N–H and O–H groups in total. The third-order valence-corrected chi connectivity index (χ3v) is 0.477. The molecule has 0 rings (SSSR count). The summed E-state index contributed by atoms with van der Waals surface area (Å²) in [6.07, 6.45) is 1.06. The number of aliphatic carboxylic acids is 3. The van der Waals surface area contributed by atoms with Crippen molar-refractivity contribution in [3.8, 4) is 0 Å². The van der Waals surface area contributed by atoms with Gasteiger partial charge in [0.15, 0.2) is 0 Å². The average molecular weight is 206 g/mol. The summed E-state index contributed by atoms with van der Waals surface area (Å²) in [5, 5.41) is 22.7. The Balaban J connectivity index is -0.000000131. The topological polar surface area (TPSA) is 112 Å². The lowest BCUT2D eigenvalue weighted by molar-refractivity contribution is -0.137. The van der Waals surface area contributed by atoms with Crippen molar-refractivity contribution < 1.29 is 29.7 Å². The van der Waals surface area contributed by atoms with Crippen LogP contribution in [0.4, 0.5) is 0 Å². The van der Waals surface area contributed by atoms with Gasteiger partial charge in [0.05, 0.1) is 0 Å². The number of carboxylic acid groups (broad SMARTS) is 3. The normalized spacial score (nSPS) is 6.71. The molecule has 0 aromatic carbocycles. The summed E-state index contributed by atoms with van der Waals surface area (Å²) in [6.45, 7) is 5.64. The Morgan fingerprint density at radius 2 is 1.36 bits per heavy atom. The second kappa shape index (κ2) is 13.7. The smallest absolute Gasteiger partial charge is 0.327 e. The van der Waals surface area contributed by atoms with Gasteiger partial charge in [-0.25, -0.2) is 4.79 Å². The van der Waals surface area contributed by atoms with E-state index < -0.39 is 17.9 Å². The van der Waals surface area contributed by atoms with Crippen LogP contribution in [0.15, 0.2) is 12.7 Å². The number of hydrogen-bond donors (Lipinski definition) is 3. The minimum atomic E-state index is -0.981. The first-order valence-electron chi connectivity index (χ1n) is 3.54. The molecule has 0 amide bonds. The summed E-state index contributed by atoms with van der Waals surface area (Å²) >= 11 is 0. The molecule has 0 atom stereocenters. The van der Waals surface area contributed by atoms with E-state index in [0.717, 1.165) is 13.0 Å². The van der Waals surface area contributed by atoms with Crippen LogP contribution in [-0.2, 0) is 14.4 Å². The van der Waals surface area contributed by atoms with Crippen molar-refractivity contribution in [3.05, 3.63) is 12.7 Å². The van der Waals surface area contributed by atoms with Gasteiger partial charge in [-0.3, -0.25) is 9.59 Å². The summed E-state index contributed by atoms with van der Waals surface area (Å²) in [4.78, 5) is 27.6. The highest BCUT2D eigenvalue weighted by molar-refractivity contribution is 5.78. The molecule has 0 aliphatic carbocycles. The Bertz CT molecular complexity index is 192. The maximum atomic E-state index is 9.37. The molecule has 0 aliphatic heterocycles. The van der Waals surface area contributed by atoms with E-state index >= 15 is 0 Å². The first-order chi connectivity index (χ1) is 6.27. The molecule has 0 bridgehead atoms. The first kappa shape index (κ1) is 18.0. The van der Waals surface area contributed by atoms with Crippen molar-refractivity contribution in [2.75, 3.05) is 0 Å². The zero-order valence-corrected chi connectivity index (χ0v) is 8.06. The maximum Gasteiger partial charge on any atom is 0.327 e. The van der Waals surface area contributed by atoms with Crippen LogP contribution in [0.25, 0.3) is 0 Å². The molecule has 0 unspecified atom stereocenters. The second-order valence-corrected chi connectivity index (χ2v) is 1.81. The van der Waals surface area contributed by atoms with Crippen LogP contribution in [0.3, 0.4) is 0 Å².